The second kappa shape index (κ2) is 19.8. The van der Waals surface area contributed by atoms with E-state index in [9.17, 15) is 30.6 Å². The summed E-state index contributed by atoms with van der Waals surface area (Å²) in [7, 11) is -8.38. The smallest absolute Gasteiger partial charge is 0.456 e. The zero-order valence-electron chi connectivity index (χ0n) is 34.6. The topological polar surface area (TPSA) is 136 Å². The lowest BCUT2D eigenvalue weighted by Gasteiger charge is -2.36. The molecule has 3 N–H and O–H groups in total. The van der Waals surface area contributed by atoms with E-state index in [4.69, 9.17) is 21.1 Å². The van der Waals surface area contributed by atoms with Gasteiger partial charge in [-0.05, 0) is 90.3 Å². The van der Waals surface area contributed by atoms with Crippen LogP contribution in [0.15, 0.2) is 125 Å². The Morgan fingerprint density at radius 3 is 2.38 bits per heavy atom. The minimum atomic E-state index is -5.18. The number of rotatable bonds is 15. The van der Waals surface area contributed by atoms with E-state index in [-0.39, 0.29) is 23.5 Å². The first-order valence-corrected chi connectivity index (χ1v) is 23.8. The van der Waals surface area contributed by atoms with Gasteiger partial charge in [-0.2, -0.15) is 13.2 Å². The van der Waals surface area contributed by atoms with Crippen LogP contribution in [0.1, 0.15) is 22.3 Å². The largest absolute Gasteiger partial charge is 0.475 e. The summed E-state index contributed by atoms with van der Waals surface area (Å²) in [4.78, 5) is 22.4. The van der Waals surface area contributed by atoms with Crippen LogP contribution in [-0.2, 0) is 32.1 Å². The van der Waals surface area contributed by atoms with E-state index in [0.29, 0.717) is 56.1 Å². The summed E-state index contributed by atoms with van der Waals surface area (Å²) in [5, 5.41) is 4.28. The highest BCUT2D eigenvalue weighted by molar-refractivity contribution is 7.90. The fourth-order valence-corrected chi connectivity index (χ4v) is 9.91. The van der Waals surface area contributed by atoms with Crippen molar-refractivity contribution in [2.75, 3.05) is 75.8 Å². The summed E-state index contributed by atoms with van der Waals surface area (Å²) in [5.41, 5.74) is -0.521. The van der Waals surface area contributed by atoms with Crippen molar-refractivity contribution in [1.29, 1.82) is 0 Å². The number of aromatic nitrogens is 1. The van der Waals surface area contributed by atoms with Gasteiger partial charge in [-0.25, -0.2) is 17.3 Å². The highest BCUT2D eigenvalue weighted by Gasteiger charge is 2.40. The van der Waals surface area contributed by atoms with Gasteiger partial charge in [0.15, 0.2) is 10.8 Å². The molecule has 18 heteroatoms. The summed E-state index contributed by atoms with van der Waals surface area (Å²) < 4.78 is 95.7. The Morgan fingerprint density at radius 1 is 0.844 bits per heavy atom. The Kier molecular flexibility index (Phi) is 13.9. The van der Waals surface area contributed by atoms with Crippen molar-refractivity contribution in [3.05, 3.63) is 132 Å². The van der Waals surface area contributed by atoms with Crippen molar-refractivity contribution in [2.45, 2.75) is 28.3 Å². The fraction of sp³-hybridized carbons (Fsp3) is 0.283. The highest BCUT2D eigenvalue weighted by atomic mass is 35.5. The van der Waals surface area contributed by atoms with E-state index in [0.717, 1.165) is 72.6 Å². The van der Waals surface area contributed by atoms with Crippen LogP contribution in [-0.4, -0.2) is 104 Å². The fourth-order valence-electron chi connectivity index (χ4n) is 7.90. The van der Waals surface area contributed by atoms with Gasteiger partial charge in [0.2, 0.25) is 0 Å². The Balaban J connectivity index is 1.01. The van der Waals surface area contributed by atoms with Gasteiger partial charge in [0, 0.05) is 86.2 Å². The quantitative estimate of drug-likeness (QED) is 0.0861. The van der Waals surface area contributed by atoms with Crippen molar-refractivity contribution in [3.8, 4) is 22.6 Å². The zero-order valence-corrected chi connectivity index (χ0v) is 37.0. The number of carbonyl (C=O) groups is 1. The van der Waals surface area contributed by atoms with Crippen LogP contribution in [0, 0.1) is 0 Å². The van der Waals surface area contributed by atoms with Crippen molar-refractivity contribution < 1.29 is 40.1 Å². The van der Waals surface area contributed by atoms with Crippen molar-refractivity contribution in [1.82, 2.24) is 19.5 Å². The molecule has 336 valence electrons. The predicted molar refractivity (Wildman–Crippen MR) is 243 cm³/mol. The molecular formula is C46H46ClF3N6O6S2. The van der Waals surface area contributed by atoms with Crippen LogP contribution >= 0.6 is 11.6 Å². The molecule has 8 rings (SSSR count). The van der Waals surface area contributed by atoms with Crippen molar-refractivity contribution in [2.24, 2.45) is 0 Å². The molecule has 2 fully saturated rings. The van der Waals surface area contributed by atoms with Gasteiger partial charge in [-0.15, -0.1) is 0 Å². The normalized spacial score (nSPS) is 15.8. The molecule has 1 unspecified atom stereocenters. The number of sulfonamides is 1. The molecule has 2 aliphatic heterocycles. The third kappa shape index (κ3) is 10.7. The molecular weight excluding hydrogens is 889 g/mol. The molecule has 1 aromatic heterocycles. The minimum Gasteiger partial charge on any atom is -0.456 e. The maximum absolute atomic E-state index is 14.0. The number of benzene rings is 5. The first kappa shape index (κ1) is 45.1. The number of halogens is 4. The monoisotopic (exact) mass is 934 g/mol. The van der Waals surface area contributed by atoms with Gasteiger partial charge in [0.1, 0.15) is 11.5 Å². The van der Waals surface area contributed by atoms with Gasteiger partial charge < -0.3 is 24.7 Å². The third-order valence-electron chi connectivity index (χ3n) is 11.3. The van der Waals surface area contributed by atoms with E-state index in [1.165, 1.54) is 11.6 Å². The highest BCUT2D eigenvalue weighted by Crippen LogP contribution is 2.36. The Morgan fingerprint density at radius 2 is 1.61 bits per heavy atom. The second-order valence-electron chi connectivity index (χ2n) is 15.4. The summed E-state index contributed by atoms with van der Waals surface area (Å²) in [6.07, 6.45) is 2.31. The number of anilines is 2. The van der Waals surface area contributed by atoms with Gasteiger partial charge in [-0.1, -0.05) is 54.1 Å². The molecule has 6 aromatic rings. The number of morpholine rings is 1. The Labute approximate surface area is 376 Å². The minimum absolute atomic E-state index is 0.0636. The van der Waals surface area contributed by atoms with Crippen LogP contribution in [0.5, 0.6) is 11.5 Å². The third-order valence-corrected chi connectivity index (χ3v) is 14.0. The van der Waals surface area contributed by atoms with E-state index in [1.807, 2.05) is 53.3 Å². The van der Waals surface area contributed by atoms with Gasteiger partial charge >= 0.3 is 5.51 Å². The van der Waals surface area contributed by atoms with E-state index in [2.05, 4.69) is 37.1 Å². The predicted octanol–water partition coefficient (Wildman–Crippen LogP) is 8.48. The number of nitrogens with zero attached hydrogens (tertiary/aromatic N) is 3. The van der Waals surface area contributed by atoms with Gasteiger partial charge in [0.25, 0.3) is 15.9 Å². The van der Waals surface area contributed by atoms with Crippen molar-refractivity contribution in [3.63, 3.8) is 0 Å². The molecule has 5 aromatic carbocycles. The zero-order chi connectivity index (χ0) is 44.8. The summed E-state index contributed by atoms with van der Waals surface area (Å²) in [5.74, 6) is -0.603. The lowest BCUT2D eigenvalue weighted by Crippen LogP contribution is -2.46. The number of fused-ring (bicyclic) bond motifs is 1. The Bertz CT molecular complexity index is 2740. The first-order chi connectivity index (χ1) is 30.8. The molecule has 0 radical (unpaired) electrons. The molecule has 0 aliphatic carbocycles. The number of amides is 1. The number of piperazine rings is 1. The van der Waals surface area contributed by atoms with Crippen LogP contribution in [0.4, 0.5) is 24.5 Å². The number of hydrogen-bond acceptors (Lipinski definition) is 10. The van der Waals surface area contributed by atoms with E-state index in [1.54, 1.807) is 30.5 Å². The molecule has 0 saturated carbocycles. The molecule has 1 atom stereocenters. The SMILES string of the molecule is O=C(NS(=O)(=O)c1ccc(NCCCN2CCOCC2)c(S(=O)C(F)(F)F)c1)c1ccc(N2CCN(Cc3ccccc3-c3ccc(Cl)cc3)CC2)cc1Oc1cccc2[nH]ccc12. The first-order valence-electron chi connectivity index (χ1n) is 20.8. The molecule has 2 aliphatic rings. The lowest BCUT2D eigenvalue weighted by molar-refractivity contribution is -0.0384. The van der Waals surface area contributed by atoms with Gasteiger partial charge in [0.05, 0.1) is 34.3 Å². The number of H-pyrrole nitrogens is 1. The van der Waals surface area contributed by atoms with Gasteiger partial charge in [-0.3, -0.25) is 14.6 Å². The molecule has 3 heterocycles. The van der Waals surface area contributed by atoms with Crippen LogP contribution in [0.3, 0.4) is 0 Å². The molecule has 64 heavy (non-hydrogen) atoms. The molecule has 0 spiro atoms. The average Bonchev–Trinajstić information content (AvgIpc) is 3.79. The molecule has 1 amide bonds. The average molecular weight is 935 g/mol. The van der Waals surface area contributed by atoms with Crippen LogP contribution < -0.4 is 19.7 Å². The summed E-state index contributed by atoms with van der Waals surface area (Å²) in [6.45, 7) is 7.08. The molecule has 0 bridgehead atoms. The number of hydrogen-bond donors (Lipinski definition) is 3. The summed E-state index contributed by atoms with van der Waals surface area (Å²) in [6, 6.07) is 31.0. The summed E-state index contributed by atoms with van der Waals surface area (Å²) >= 11 is 6.15. The Hall–Kier alpha value is -5.43. The number of carbonyl (C=O) groups excluding carboxylic acids is 1. The maximum Gasteiger partial charge on any atom is 0.475 e. The van der Waals surface area contributed by atoms with Crippen LogP contribution in [0.2, 0.25) is 5.02 Å². The van der Waals surface area contributed by atoms with E-state index < -0.39 is 42.0 Å². The molecule has 12 nitrogen and oxygen atoms in total. The lowest BCUT2D eigenvalue weighted by atomic mass is 9.99. The number of aromatic amines is 1. The van der Waals surface area contributed by atoms with Crippen LogP contribution in [0.25, 0.3) is 22.0 Å². The van der Waals surface area contributed by atoms with E-state index >= 15 is 0 Å². The standard InChI is InChI=1S/C46H46ClF3N6O6S2/c47-34-11-9-32(10-12-34)37-6-2-1-5-33(37)31-55-21-23-56(24-22-55)35-13-15-39(43(29-35)62-42-8-3-7-40-38(42)17-19-52-40)45(57)53-64(59,60)36-14-16-41(44(30-36)63(58)46(48,49)50)51-18-4-20-54-25-27-61-28-26-54/h1-3,5-17,19,29-30,51-52H,4,18,20-28,31H2,(H,53,57). The number of alkyl halides is 3. The second-order valence-corrected chi connectivity index (χ2v) is 19.0. The molecule has 2 saturated heterocycles. The maximum atomic E-state index is 14.0. The van der Waals surface area contributed by atoms with Crippen molar-refractivity contribution >= 4 is 60.6 Å². The number of nitrogens with one attached hydrogen (secondary N) is 3. The number of ether oxygens (including phenoxy) is 2.